The summed E-state index contributed by atoms with van der Waals surface area (Å²) < 4.78 is 1.18. The average molecular weight is 388 g/mol. The van der Waals surface area contributed by atoms with Gasteiger partial charge in [-0.3, -0.25) is 4.99 Å². The number of rotatable bonds is 1. The highest BCUT2D eigenvalue weighted by Gasteiger charge is 2.31. The number of halogens is 2. The minimum atomic E-state index is 0. The molecule has 0 aliphatic carbocycles. The molecule has 6 heteroatoms. The van der Waals surface area contributed by atoms with Crippen LogP contribution in [0.2, 0.25) is 5.02 Å². The van der Waals surface area contributed by atoms with Gasteiger partial charge in [0.25, 0.3) is 0 Å². The fraction of sp³-hybridized carbons (Fsp3) is 0.214. The molecule has 0 unspecified atom stereocenters. The summed E-state index contributed by atoms with van der Waals surface area (Å²) in [5.74, 6) is 0. The highest BCUT2D eigenvalue weighted by Crippen LogP contribution is 2.45. The van der Waals surface area contributed by atoms with Crippen LogP contribution in [0.15, 0.2) is 34.2 Å². The third-order valence-corrected chi connectivity index (χ3v) is 6.03. The predicted octanol–water partition coefficient (Wildman–Crippen LogP) is 5.24. The normalized spacial score (nSPS) is 17.5. The van der Waals surface area contributed by atoms with Crippen molar-refractivity contribution in [1.82, 2.24) is 4.90 Å². The van der Waals surface area contributed by atoms with Crippen molar-refractivity contribution in [3.8, 4) is 0 Å². The second kappa shape index (κ2) is 5.37. The Morgan fingerprint density at radius 2 is 2.20 bits per heavy atom. The number of aliphatic imine (C=N–C) groups is 1. The first-order valence-electron chi connectivity index (χ1n) is 6.13. The molecule has 3 heterocycles. The van der Waals surface area contributed by atoms with E-state index in [1.54, 1.807) is 23.1 Å². The molecule has 2 aromatic rings. The zero-order valence-electron chi connectivity index (χ0n) is 10.7. The van der Waals surface area contributed by atoms with E-state index in [4.69, 9.17) is 11.6 Å². The van der Waals surface area contributed by atoms with Gasteiger partial charge in [0.15, 0.2) is 5.17 Å². The van der Waals surface area contributed by atoms with Crippen LogP contribution in [0.1, 0.15) is 11.8 Å². The van der Waals surface area contributed by atoms with Crippen molar-refractivity contribution in [2.45, 2.75) is 6.92 Å². The largest absolute Gasteiger partial charge is 0.317 e. The van der Waals surface area contributed by atoms with E-state index in [9.17, 15) is 0 Å². The lowest BCUT2D eigenvalue weighted by Gasteiger charge is -2.15. The van der Waals surface area contributed by atoms with Crippen LogP contribution in [0.4, 0.5) is 0 Å². The second-order valence-corrected chi connectivity index (χ2v) is 7.23. The Hall–Kier alpha value is -0.490. The Bertz CT molecular complexity index is 751. The standard InChI is InChI=1S/C14H11ClN2S2.BrH/c1-8-12(17-6-5-16-14(17)18-8)11-7-9-3-2-4-10(15)13(9)19-11;/h2-4,7H,5-6H2,1H3;1H. The van der Waals surface area contributed by atoms with Crippen LogP contribution in [0.5, 0.6) is 0 Å². The molecule has 0 saturated heterocycles. The molecule has 0 saturated carbocycles. The van der Waals surface area contributed by atoms with Crippen molar-refractivity contribution < 1.29 is 0 Å². The van der Waals surface area contributed by atoms with Crippen LogP contribution < -0.4 is 0 Å². The lowest BCUT2D eigenvalue weighted by Crippen LogP contribution is -2.19. The van der Waals surface area contributed by atoms with Crippen LogP contribution >= 0.6 is 51.7 Å². The van der Waals surface area contributed by atoms with Crippen molar-refractivity contribution in [1.29, 1.82) is 0 Å². The smallest absolute Gasteiger partial charge is 0.168 e. The van der Waals surface area contributed by atoms with E-state index < -0.39 is 0 Å². The lowest BCUT2D eigenvalue weighted by atomic mass is 10.2. The fourth-order valence-electron chi connectivity index (χ4n) is 2.55. The zero-order valence-corrected chi connectivity index (χ0v) is 14.8. The number of hydrogen-bond donors (Lipinski definition) is 0. The first-order valence-corrected chi connectivity index (χ1v) is 8.14. The van der Waals surface area contributed by atoms with E-state index in [0.29, 0.717) is 0 Å². The molecular formula is C14H12BrClN2S2. The summed E-state index contributed by atoms with van der Waals surface area (Å²) in [6.45, 7) is 4.08. The molecule has 0 N–H and O–H groups in total. The number of amidine groups is 1. The zero-order chi connectivity index (χ0) is 13.0. The van der Waals surface area contributed by atoms with Crippen LogP contribution in [-0.2, 0) is 0 Å². The molecule has 0 bridgehead atoms. The summed E-state index contributed by atoms with van der Waals surface area (Å²) in [5, 5.41) is 3.21. The Kier molecular flexibility index (Phi) is 3.88. The van der Waals surface area contributed by atoms with Crippen molar-refractivity contribution >= 4 is 72.6 Å². The highest BCUT2D eigenvalue weighted by molar-refractivity contribution is 8.93. The summed E-state index contributed by atoms with van der Waals surface area (Å²) >= 11 is 9.83. The van der Waals surface area contributed by atoms with Crippen LogP contribution in [-0.4, -0.2) is 23.2 Å². The van der Waals surface area contributed by atoms with E-state index in [1.165, 1.54) is 25.6 Å². The molecule has 2 nitrogen and oxygen atoms in total. The van der Waals surface area contributed by atoms with Gasteiger partial charge in [-0.25, -0.2) is 0 Å². The minimum absolute atomic E-state index is 0. The van der Waals surface area contributed by atoms with E-state index >= 15 is 0 Å². The topological polar surface area (TPSA) is 15.6 Å². The van der Waals surface area contributed by atoms with E-state index in [0.717, 1.165) is 23.3 Å². The number of fused-ring (bicyclic) bond motifs is 2. The summed E-state index contributed by atoms with van der Waals surface area (Å²) in [7, 11) is 0. The van der Waals surface area contributed by atoms with Gasteiger partial charge in [-0.1, -0.05) is 35.5 Å². The summed E-state index contributed by atoms with van der Waals surface area (Å²) in [6, 6.07) is 8.33. The Morgan fingerprint density at radius 1 is 1.35 bits per heavy atom. The molecule has 0 spiro atoms. The van der Waals surface area contributed by atoms with Crippen LogP contribution in [0, 0.1) is 0 Å². The van der Waals surface area contributed by atoms with E-state index in [-0.39, 0.29) is 17.0 Å². The molecule has 1 aromatic heterocycles. The summed E-state index contributed by atoms with van der Waals surface area (Å²) in [6.07, 6.45) is 0. The molecule has 0 fully saturated rings. The molecule has 2 aliphatic rings. The van der Waals surface area contributed by atoms with Gasteiger partial charge in [0.2, 0.25) is 0 Å². The molecule has 20 heavy (non-hydrogen) atoms. The van der Waals surface area contributed by atoms with Crippen LogP contribution in [0.3, 0.4) is 0 Å². The van der Waals surface area contributed by atoms with Crippen LogP contribution in [0.25, 0.3) is 15.8 Å². The van der Waals surface area contributed by atoms with Gasteiger partial charge >= 0.3 is 0 Å². The predicted molar refractivity (Wildman–Crippen MR) is 96.4 cm³/mol. The van der Waals surface area contributed by atoms with Gasteiger partial charge < -0.3 is 4.90 Å². The quantitative estimate of drug-likeness (QED) is 0.665. The maximum absolute atomic E-state index is 6.28. The average Bonchev–Trinajstić information content (AvgIpc) is 3.02. The Morgan fingerprint density at radius 3 is 3.00 bits per heavy atom. The molecule has 0 radical (unpaired) electrons. The summed E-state index contributed by atoms with van der Waals surface area (Å²) in [4.78, 5) is 9.50. The molecule has 2 aliphatic heterocycles. The van der Waals surface area contributed by atoms with E-state index in [2.05, 4.69) is 28.9 Å². The van der Waals surface area contributed by atoms with Crippen molar-refractivity contribution in [2.75, 3.05) is 13.1 Å². The third kappa shape index (κ3) is 2.11. The molecule has 1 aromatic carbocycles. The monoisotopic (exact) mass is 386 g/mol. The van der Waals surface area contributed by atoms with Gasteiger partial charge in [0.05, 0.1) is 26.8 Å². The number of thioether (sulfide) groups is 1. The maximum atomic E-state index is 6.28. The first-order chi connectivity index (χ1) is 9.24. The Labute approximate surface area is 141 Å². The number of allylic oxidation sites excluding steroid dienone is 1. The van der Waals surface area contributed by atoms with Gasteiger partial charge in [-0.15, -0.1) is 28.3 Å². The summed E-state index contributed by atoms with van der Waals surface area (Å²) in [5.41, 5.74) is 1.32. The number of thiophene rings is 1. The molecular weight excluding hydrogens is 376 g/mol. The maximum Gasteiger partial charge on any atom is 0.168 e. The van der Waals surface area contributed by atoms with Gasteiger partial charge in [-0.05, 0) is 24.4 Å². The minimum Gasteiger partial charge on any atom is -0.317 e. The highest BCUT2D eigenvalue weighted by atomic mass is 79.9. The van der Waals surface area contributed by atoms with Crippen molar-refractivity contribution in [2.24, 2.45) is 4.99 Å². The number of benzene rings is 1. The molecule has 0 atom stereocenters. The van der Waals surface area contributed by atoms with Crippen molar-refractivity contribution in [3.05, 3.63) is 39.1 Å². The first kappa shape index (κ1) is 14.4. The third-order valence-electron chi connectivity index (χ3n) is 3.38. The van der Waals surface area contributed by atoms with Crippen molar-refractivity contribution in [3.63, 3.8) is 0 Å². The fourth-order valence-corrected chi connectivity index (χ4v) is 5.13. The second-order valence-electron chi connectivity index (χ2n) is 4.59. The SMILES string of the molecule is Br.CC1=C(c2cc3cccc(Cl)c3s2)N2CCN=C2S1. The van der Waals surface area contributed by atoms with Gasteiger partial charge in [0.1, 0.15) is 0 Å². The van der Waals surface area contributed by atoms with Gasteiger partial charge in [0, 0.05) is 11.4 Å². The molecule has 4 rings (SSSR count). The Balaban J connectivity index is 0.00000121. The lowest BCUT2D eigenvalue weighted by molar-refractivity contribution is 0.649. The number of nitrogens with zero attached hydrogens (tertiary/aromatic N) is 2. The molecule has 104 valence electrons. The van der Waals surface area contributed by atoms with E-state index in [1.807, 2.05) is 12.1 Å². The molecule has 0 amide bonds. The van der Waals surface area contributed by atoms with Gasteiger partial charge in [-0.2, -0.15) is 0 Å². The number of hydrogen-bond acceptors (Lipinski definition) is 4.